The lowest BCUT2D eigenvalue weighted by molar-refractivity contribution is 0.468. The molecule has 0 fully saturated rings. The number of allylic oxidation sites excluding steroid dienone is 1. The van der Waals surface area contributed by atoms with Crippen LogP contribution in [0.4, 0.5) is 4.39 Å². The fourth-order valence-corrected chi connectivity index (χ4v) is 2.00. The van der Waals surface area contributed by atoms with Crippen LogP contribution in [0, 0.1) is 22.6 Å². The molecule has 20 heavy (non-hydrogen) atoms. The van der Waals surface area contributed by atoms with Gasteiger partial charge in [-0.15, -0.1) is 0 Å². The molecule has 1 N–H and O–H groups in total. The summed E-state index contributed by atoms with van der Waals surface area (Å²) in [6.45, 7) is 0. The Hall–Kier alpha value is -2.93. The summed E-state index contributed by atoms with van der Waals surface area (Å²) in [6.07, 6.45) is 1.70. The first kappa shape index (κ1) is 12.1. The number of fused-ring (bicyclic) bond motifs is 1. The second kappa shape index (κ2) is 4.63. The Balaban J connectivity index is 1.95. The summed E-state index contributed by atoms with van der Waals surface area (Å²) in [5.41, 5.74) is 2.19. The molecule has 96 valence electrons. The van der Waals surface area contributed by atoms with E-state index in [0.29, 0.717) is 22.6 Å². The molecule has 1 aliphatic heterocycles. The zero-order valence-electron chi connectivity index (χ0n) is 10.4. The summed E-state index contributed by atoms with van der Waals surface area (Å²) in [6, 6.07) is 13.1. The molecule has 0 saturated heterocycles. The van der Waals surface area contributed by atoms with Gasteiger partial charge in [-0.25, -0.2) is 4.39 Å². The van der Waals surface area contributed by atoms with E-state index in [0.717, 1.165) is 5.56 Å². The highest BCUT2D eigenvalue weighted by Crippen LogP contribution is 2.32. The number of nitriles is 1. The van der Waals surface area contributed by atoms with Crippen molar-refractivity contribution in [1.82, 2.24) is 0 Å². The summed E-state index contributed by atoms with van der Waals surface area (Å²) >= 11 is 0. The minimum absolute atomic E-state index is 0.226. The van der Waals surface area contributed by atoms with Gasteiger partial charge < -0.3 is 4.74 Å². The SMILES string of the molecule is N#Cc1ccc(/C=C2\Oc3cc(F)ccc3C2=N)cc1. The minimum atomic E-state index is -0.392. The van der Waals surface area contributed by atoms with E-state index < -0.39 is 5.82 Å². The third-order valence-corrected chi connectivity index (χ3v) is 3.02. The number of hydrogen-bond donors (Lipinski definition) is 1. The lowest BCUT2D eigenvalue weighted by Gasteiger charge is -1.99. The average molecular weight is 264 g/mol. The standard InChI is InChI=1S/C16H9FN2O/c17-12-5-6-13-14(8-12)20-15(16(13)19)7-10-1-3-11(9-18)4-2-10/h1-8,19H/b15-7-,19-16?. The van der Waals surface area contributed by atoms with Gasteiger partial charge in [-0.05, 0) is 35.9 Å². The van der Waals surface area contributed by atoms with Crippen LogP contribution >= 0.6 is 0 Å². The molecular weight excluding hydrogens is 255 g/mol. The fourth-order valence-electron chi connectivity index (χ4n) is 2.00. The highest BCUT2D eigenvalue weighted by molar-refractivity contribution is 6.16. The van der Waals surface area contributed by atoms with E-state index in [1.165, 1.54) is 18.2 Å². The van der Waals surface area contributed by atoms with Crippen LogP contribution in [0.2, 0.25) is 0 Å². The lowest BCUT2D eigenvalue weighted by Crippen LogP contribution is -1.98. The molecule has 1 aliphatic rings. The fraction of sp³-hybridized carbons (Fsp3) is 0. The molecular formula is C16H9FN2O. The quantitative estimate of drug-likeness (QED) is 0.857. The van der Waals surface area contributed by atoms with Gasteiger partial charge in [0.15, 0.2) is 5.76 Å². The van der Waals surface area contributed by atoms with Crippen molar-refractivity contribution < 1.29 is 9.13 Å². The molecule has 2 aromatic rings. The summed E-state index contributed by atoms with van der Waals surface area (Å²) in [5, 5.41) is 16.8. The van der Waals surface area contributed by atoms with Crippen molar-refractivity contribution in [3.05, 3.63) is 70.7 Å². The van der Waals surface area contributed by atoms with Crippen LogP contribution < -0.4 is 4.74 Å². The molecule has 0 spiro atoms. The Morgan fingerprint density at radius 1 is 1.15 bits per heavy atom. The Morgan fingerprint density at radius 3 is 2.60 bits per heavy atom. The first-order valence-corrected chi connectivity index (χ1v) is 5.96. The lowest BCUT2D eigenvalue weighted by atomic mass is 10.1. The largest absolute Gasteiger partial charge is 0.454 e. The Kier molecular flexibility index (Phi) is 2.81. The van der Waals surface area contributed by atoms with Crippen molar-refractivity contribution in [1.29, 1.82) is 10.7 Å². The zero-order valence-corrected chi connectivity index (χ0v) is 10.4. The van der Waals surface area contributed by atoms with Crippen LogP contribution in [0.3, 0.4) is 0 Å². The summed E-state index contributed by atoms with van der Waals surface area (Å²) < 4.78 is 18.6. The first-order valence-electron chi connectivity index (χ1n) is 5.96. The molecule has 2 aromatic carbocycles. The number of hydrogen-bond acceptors (Lipinski definition) is 3. The monoisotopic (exact) mass is 264 g/mol. The molecule has 0 atom stereocenters. The maximum absolute atomic E-state index is 13.1. The first-order chi connectivity index (χ1) is 9.67. The average Bonchev–Trinajstić information content (AvgIpc) is 2.75. The van der Waals surface area contributed by atoms with Gasteiger partial charge in [0.1, 0.15) is 17.3 Å². The van der Waals surface area contributed by atoms with Crippen molar-refractivity contribution in [2.24, 2.45) is 0 Å². The second-order valence-electron chi connectivity index (χ2n) is 4.36. The van der Waals surface area contributed by atoms with Gasteiger partial charge in [-0.3, -0.25) is 5.41 Å². The zero-order chi connectivity index (χ0) is 14.1. The number of nitrogens with one attached hydrogen (secondary N) is 1. The van der Waals surface area contributed by atoms with Crippen LogP contribution in [0.1, 0.15) is 16.7 Å². The molecule has 0 aliphatic carbocycles. The molecule has 4 heteroatoms. The third-order valence-electron chi connectivity index (χ3n) is 3.02. The number of rotatable bonds is 1. The van der Waals surface area contributed by atoms with Gasteiger partial charge in [0, 0.05) is 11.6 Å². The molecule has 0 amide bonds. The summed E-state index contributed by atoms with van der Waals surface area (Å²) in [7, 11) is 0. The summed E-state index contributed by atoms with van der Waals surface area (Å²) in [4.78, 5) is 0. The van der Waals surface area contributed by atoms with Gasteiger partial charge in [0.2, 0.25) is 0 Å². The van der Waals surface area contributed by atoms with Crippen molar-refractivity contribution in [2.75, 3.05) is 0 Å². The van der Waals surface area contributed by atoms with E-state index in [-0.39, 0.29) is 5.71 Å². The maximum Gasteiger partial charge on any atom is 0.153 e. The number of ether oxygens (including phenoxy) is 1. The van der Waals surface area contributed by atoms with Gasteiger partial charge >= 0.3 is 0 Å². The third kappa shape index (κ3) is 2.06. The van der Waals surface area contributed by atoms with E-state index in [1.807, 2.05) is 6.07 Å². The van der Waals surface area contributed by atoms with Gasteiger partial charge in [-0.2, -0.15) is 5.26 Å². The normalized spacial score (nSPS) is 14.8. The van der Waals surface area contributed by atoms with Crippen molar-refractivity contribution in [3.8, 4) is 11.8 Å². The van der Waals surface area contributed by atoms with E-state index in [4.69, 9.17) is 15.4 Å². The van der Waals surface area contributed by atoms with Gasteiger partial charge in [0.25, 0.3) is 0 Å². The molecule has 0 saturated carbocycles. The van der Waals surface area contributed by atoms with E-state index in [2.05, 4.69) is 0 Å². The molecule has 0 bridgehead atoms. The predicted octanol–water partition coefficient (Wildman–Crippen LogP) is 3.50. The second-order valence-corrected chi connectivity index (χ2v) is 4.36. The number of halogens is 1. The highest BCUT2D eigenvalue weighted by atomic mass is 19.1. The number of nitrogens with zero attached hydrogens (tertiary/aromatic N) is 1. The van der Waals surface area contributed by atoms with Crippen molar-refractivity contribution >= 4 is 11.8 Å². The van der Waals surface area contributed by atoms with Crippen LogP contribution in [0.15, 0.2) is 48.2 Å². The van der Waals surface area contributed by atoms with Gasteiger partial charge in [-0.1, -0.05) is 12.1 Å². The van der Waals surface area contributed by atoms with Crippen LogP contribution in [-0.4, -0.2) is 5.71 Å². The van der Waals surface area contributed by atoms with Crippen LogP contribution in [0.5, 0.6) is 5.75 Å². The Bertz CT molecular complexity index is 770. The molecule has 1 heterocycles. The topological polar surface area (TPSA) is 56.9 Å². The van der Waals surface area contributed by atoms with Crippen LogP contribution in [-0.2, 0) is 0 Å². The molecule has 0 unspecified atom stereocenters. The summed E-state index contributed by atoms with van der Waals surface area (Å²) in [5.74, 6) is 0.335. The van der Waals surface area contributed by atoms with Gasteiger partial charge in [0.05, 0.1) is 11.6 Å². The Labute approximate surface area is 115 Å². The van der Waals surface area contributed by atoms with E-state index >= 15 is 0 Å². The molecule has 3 rings (SSSR count). The van der Waals surface area contributed by atoms with E-state index in [9.17, 15) is 4.39 Å². The molecule has 0 aromatic heterocycles. The molecule has 3 nitrogen and oxygen atoms in total. The van der Waals surface area contributed by atoms with Crippen LogP contribution in [0.25, 0.3) is 6.08 Å². The predicted molar refractivity (Wildman–Crippen MR) is 73.0 cm³/mol. The smallest absolute Gasteiger partial charge is 0.153 e. The minimum Gasteiger partial charge on any atom is -0.454 e. The van der Waals surface area contributed by atoms with Crippen molar-refractivity contribution in [3.63, 3.8) is 0 Å². The maximum atomic E-state index is 13.1. The van der Waals surface area contributed by atoms with Crippen molar-refractivity contribution in [2.45, 2.75) is 0 Å². The highest BCUT2D eigenvalue weighted by Gasteiger charge is 2.24. The van der Waals surface area contributed by atoms with E-state index in [1.54, 1.807) is 30.3 Å². The number of benzene rings is 2. The molecule has 0 radical (unpaired) electrons. The Morgan fingerprint density at radius 2 is 1.90 bits per heavy atom.